The van der Waals surface area contributed by atoms with Crippen molar-refractivity contribution in [3.8, 4) is 0 Å². The van der Waals surface area contributed by atoms with Gasteiger partial charge < -0.3 is 16.0 Å². The highest BCUT2D eigenvalue weighted by atomic mass is 32.2. The zero-order chi connectivity index (χ0) is 18.2. The SMILES string of the molecule is CNC(=O)CNC(=O)Nc1ccc(Sc2ccc(C(C)C)cc2)cc1. The Hall–Kier alpha value is -2.47. The lowest BCUT2D eigenvalue weighted by Gasteiger charge is -2.09. The fourth-order valence-corrected chi connectivity index (χ4v) is 2.90. The Morgan fingerprint density at radius 3 is 2.04 bits per heavy atom. The average molecular weight is 357 g/mol. The Morgan fingerprint density at radius 1 is 0.960 bits per heavy atom. The van der Waals surface area contributed by atoms with Gasteiger partial charge >= 0.3 is 6.03 Å². The Balaban J connectivity index is 1.89. The van der Waals surface area contributed by atoms with Gasteiger partial charge in [0.15, 0.2) is 0 Å². The van der Waals surface area contributed by atoms with E-state index in [0.717, 1.165) is 4.90 Å². The lowest BCUT2D eigenvalue weighted by Crippen LogP contribution is -2.37. The van der Waals surface area contributed by atoms with Crippen LogP contribution in [0.4, 0.5) is 10.5 Å². The van der Waals surface area contributed by atoms with E-state index in [0.29, 0.717) is 11.6 Å². The Kier molecular flexibility index (Phi) is 6.89. The minimum atomic E-state index is -0.409. The number of anilines is 1. The molecule has 0 fully saturated rings. The summed E-state index contributed by atoms with van der Waals surface area (Å²) in [6.45, 7) is 4.31. The van der Waals surface area contributed by atoms with Crippen molar-refractivity contribution in [1.29, 1.82) is 0 Å². The van der Waals surface area contributed by atoms with Gasteiger partial charge in [0.1, 0.15) is 0 Å². The number of rotatable bonds is 6. The highest BCUT2D eigenvalue weighted by molar-refractivity contribution is 7.99. The van der Waals surface area contributed by atoms with Gasteiger partial charge in [-0.1, -0.05) is 37.7 Å². The summed E-state index contributed by atoms with van der Waals surface area (Å²) in [5.41, 5.74) is 2.00. The van der Waals surface area contributed by atoms with E-state index in [1.54, 1.807) is 11.8 Å². The van der Waals surface area contributed by atoms with E-state index >= 15 is 0 Å². The molecule has 0 aromatic heterocycles. The first kappa shape index (κ1) is 18.9. The van der Waals surface area contributed by atoms with E-state index in [4.69, 9.17) is 0 Å². The minimum absolute atomic E-state index is 0.0529. The third-order valence-electron chi connectivity index (χ3n) is 3.58. The molecule has 3 N–H and O–H groups in total. The van der Waals surface area contributed by atoms with Gasteiger partial charge in [-0.25, -0.2) is 4.79 Å². The largest absolute Gasteiger partial charge is 0.358 e. The number of nitrogens with one attached hydrogen (secondary N) is 3. The molecule has 2 aromatic rings. The van der Waals surface area contributed by atoms with Gasteiger partial charge in [0.05, 0.1) is 6.54 Å². The summed E-state index contributed by atoms with van der Waals surface area (Å²) in [5.74, 6) is 0.282. The van der Waals surface area contributed by atoms with Gasteiger partial charge in [-0.3, -0.25) is 4.79 Å². The molecule has 2 rings (SSSR count). The van der Waals surface area contributed by atoms with E-state index in [1.165, 1.54) is 17.5 Å². The summed E-state index contributed by atoms with van der Waals surface area (Å²) >= 11 is 1.67. The number of carbonyl (C=O) groups is 2. The summed E-state index contributed by atoms with van der Waals surface area (Å²) in [4.78, 5) is 25.0. The number of likely N-dealkylation sites (N-methyl/N-ethyl adjacent to an activating group) is 1. The van der Waals surface area contributed by atoms with Crippen LogP contribution in [0, 0.1) is 0 Å². The van der Waals surface area contributed by atoms with E-state index < -0.39 is 6.03 Å². The molecule has 0 aliphatic carbocycles. The second-order valence-electron chi connectivity index (χ2n) is 5.83. The molecule has 6 heteroatoms. The summed E-state index contributed by atoms with van der Waals surface area (Å²) < 4.78 is 0. The van der Waals surface area contributed by atoms with Gasteiger partial charge in [-0.05, 0) is 47.9 Å². The van der Waals surface area contributed by atoms with Gasteiger partial charge in [0.25, 0.3) is 0 Å². The lowest BCUT2D eigenvalue weighted by atomic mass is 10.0. The van der Waals surface area contributed by atoms with Crippen LogP contribution in [0.15, 0.2) is 58.3 Å². The van der Waals surface area contributed by atoms with Crippen molar-refractivity contribution in [2.45, 2.75) is 29.6 Å². The highest BCUT2D eigenvalue weighted by Gasteiger charge is 2.05. The first-order chi connectivity index (χ1) is 12.0. The van der Waals surface area contributed by atoms with Crippen molar-refractivity contribution in [2.24, 2.45) is 0 Å². The summed E-state index contributed by atoms with van der Waals surface area (Å²) in [6.07, 6.45) is 0. The molecule has 0 spiro atoms. The predicted octanol–water partition coefficient (Wildman–Crippen LogP) is 3.83. The van der Waals surface area contributed by atoms with Crippen LogP contribution in [-0.4, -0.2) is 25.5 Å². The van der Waals surface area contributed by atoms with Crippen LogP contribution in [0.3, 0.4) is 0 Å². The maximum Gasteiger partial charge on any atom is 0.319 e. The molecule has 132 valence electrons. The fourth-order valence-electron chi connectivity index (χ4n) is 2.09. The Morgan fingerprint density at radius 2 is 1.52 bits per heavy atom. The molecule has 0 saturated carbocycles. The fraction of sp³-hybridized carbons (Fsp3) is 0.263. The average Bonchev–Trinajstić information content (AvgIpc) is 2.61. The molecule has 0 bridgehead atoms. The topological polar surface area (TPSA) is 70.2 Å². The molecule has 0 unspecified atom stereocenters. The highest BCUT2D eigenvalue weighted by Crippen LogP contribution is 2.29. The first-order valence-corrected chi connectivity index (χ1v) is 8.93. The van der Waals surface area contributed by atoms with Crippen LogP contribution in [0.2, 0.25) is 0 Å². The number of amides is 3. The quantitative estimate of drug-likeness (QED) is 0.736. The monoisotopic (exact) mass is 357 g/mol. The van der Waals surface area contributed by atoms with Gasteiger partial charge in [-0.15, -0.1) is 0 Å². The smallest absolute Gasteiger partial charge is 0.319 e. The molecule has 0 saturated heterocycles. The third-order valence-corrected chi connectivity index (χ3v) is 4.60. The number of carbonyl (C=O) groups excluding carboxylic acids is 2. The van der Waals surface area contributed by atoms with Crippen molar-refractivity contribution in [3.05, 3.63) is 54.1 Å². The molecule has 0 atom stereocenters. The van der Waals surface area contributed by atoms with Crippen molar-refractivity contribution < 1.29 is 9.59 Å². The minimum Gasteiger partial charge on any atom is -0.358 e. The van der Waals surface area contributed by atoms with E-state index in [2.05, 4.69) is 54.1 Å². The van der Waals surface area contributed by atoms with Crippen LogP contribution in [0.5, 0.6) is 0 Å². The summed E-state index contributed by atoms with van der Waals surface area (Å²) in [6, 6.07) is 15.7. The lowest BCUT2D eigenvalue weighted by molar-refractivity contribution is -0.119. The molecular weight excluding hydrogens is 334 g/mol. The molecule has 0 aliphatic rings. The molecule has 3 amide bonds. The zero-order valence-electron chi connectivity index (χ0n) is 14.6. The van der Waals surface area contributed by atoms with Crippen molar-refractivity contribution >= 4 is 29.4 Å². The Bertz CT molecular complexity index is 712. The van der Waals surface area contributed by atoms with Gasteiger partial charge in [0.2, 0.25) is 5.91 Å². The van der Waals surface area contributed by atoms with Gasteiger partial charge in [0, 0.05) is 22.5 Å². The second kappa shape index (κ2) is 9.13. The van der Waals surface area contributed by atoms with Crippen molar-refractivity contribution in [3.63, 3.8) is 0 Å². The molecule has 0 aliphatic heterocycles. The molecule has 0 radical (unpaired) electrons. The molecule has 0 heterocycles. The van der Waals surface area contributed by atoms with E-state index in [-0.39, 0.29) is 12.5 Å². The molecule has 25 heavy (non-hydrogen) atoms. The standard InChI is InChI=1S/C19H23N3O2S/c1-13(2)14-4-8-16(9-5-14)25-17-10-6-15(7-11-17)22-19(24)21-12-18(23)20-3/h4-11,13H,12H2,1-3H3,(H,20,23)(H2,21,22,24). The van der Waals surface area contributed by atoms with Crippen molar-refractivity contribution in [1.82, 2.24) is 10.6 Å². The predicted molar refractivity (Wildman–Crippen MR) is 102 cm³/mol. The van der Waals surface area contributed by atoms with Gasteiger partial charge in [-0.2, -0.15) is 0 Å². The molecule has 2 aromatic carbocycles. The van der Waals surface area contributed by atoms with Crippen LogP contribution in [0.1, 0.15) is 25.3 Å². The normalized spacial score (nSPS) is 10.4. The molecule has 5 nitrogen and oxygen atoms in total. The number of hydrogen-bond acceptors (Lipinski definition) is 3. The maximum absolute atomic E-state index is 11.7. The Labute approximate surface area is 152 Å². The van der Waals surface area contributed by atoms with Crippen LogP contribution in [-0.2, 0) is 4.79 Å². The van der Waals surface area contributed by atoms with Crippen LogP contribution < -0.4 is 16.0 Å². The maximum atomic E-state index is 11.7. The number of urea groups is 1. The first-order valence-electron chi connectivity index (χ1n) is 8.11. The van der Waals surface area contributed by atoms with E-state index in [9.17, 15) is 9.59 Å². The second-order valence-corrected chi connectivity index (χ2v) is 6.98. The van der Waals surface area contributed by atoms with E-state index in [1.807, 2.05) is 24.3 Å². The molecular formula is C19H23N3O2S. The summed E-state index contributed by atoms with van der Waals surface area (Å²) in [5, 5.41) is 7.62. The number of benzene rings is 2. The van der Waals surface area contributed by atoms with Crippen LogP contribution >= 0.6 is 11.8 Å². The van der Waals surface area contributed by atoms with Crippen LogP contribution in [0.25, 0.3) is 0 Å². The van der Waals surface area contributed by atoms with Crippen molar-refractivity contribution in [2.75, 3.05) is 18.9 Å². The zero-order valence-corrected chi connectivity index (χ0v) is 15.4. The third kappa shape index (κ3) is 6.15. The number of hydrogen-bond donors (Lipinski definition) is 3. The summed E-state index contributed by atoms with van der Waals surface area (Å²) in [7, 11) is 1.52.